The quantitative estimate of drug-likeness (QED) is 0.632. The van der Waals surface area contributed by atoms with Gasteiger partial charge in [-0.05, 0) is 41.8 Å². The lowest BCUT2D eigenvalue weighted by molar-refractivity contribution is 0.0536. The van der Waals surface area contributed by atoms with Gasteiger partial charge in [0, 0.05) is 5.41 Å². The maximum Gasteiger partial charge on any atom is 0.119 e. The van der Waals surface area contributed by atoms with Crippen LogP contribution in [0, 0.1) is 0 Å². The van der Waals surface area contributed by atoms with Crippen molar-refractivity contribution in [3.05, 3.63) is 59.7 Å². The van der Waals surface area contributed by atoms with E-state index in [2.05, 4.69) is 32.9 Å². The van der Waals surface area contributed by atoms with Gasteiger partial charge in [0.25, 0.3) is 0 Å². The monoisotopic (exact) mass is 358 g/mol. The first-order chi connectivity index (χ1) is 12.5. The second kappa shape index (κ2) is 9.60. The summed E-state index contributed by atoms with van der Waals surface area (Å²) in [7, 11) is 0. The second-order valence-corrected chi connectivity index (χ2v) is 7.02. The summed E-state index contributed by atoms with van der Waals surface area (Å²) in [5, 5.41) is 18.2. The first-order valence-electron chi connectivity index (χ1n) is 9.23. The van der Waals surface area contributed by atoms with Gasteiger partial charge in [0.05, 0.1) is 13.2 Å². The van der Waals surface area contributed by atoms with Crippen LogP contribution in [0.25, 0.3) is 0 Å². The lowest BCUT2D eigenvalue weighted by atomic mass is 9.78. The van der Waals surface area contributed by atoms with Crippen molar-refractivity contribution < 1.29 is 19.7 Å². The zero-order chi connectivity index (χ0) is 19.0. The van der Waals surface area contributed by atoms with Gasteiger partial charge in [-0.25, -0.2) is 0 Å². The maximum atomic E-state index is 9.36. The molecule has 0 radical (unpaired) electrons. The van der Waals surface area contributed by atoms with E-state index in [4.69, 9.17) is 14.6 Å². The van der Waals surface area contributed by atoms with Crippen molar-refractivity contribution in [2.24, 2.45) is 0 Å². The highest BCUT2D eigenvalue weighted by Crippen LogP contribution is 2.33. The van der Waals surface area contributed by atoms with Crippen LogP contribution in [-0.4, -0.2) is 36.1 Å². The van der Waals surface area contributed by atoms with E-state index in [0.29, 0.717) is 5.75 Å². The molecular formula is C22H30O4. The van der Waals surface area contributed by atoms with E-state index in [9.17, 15) is 5.11 Å². The number of unbranched alkanes of at least 4 members (excludes halogenated alkanes) is 1. The third-order valence-electron chi connectivity index (χ3n) is 4.57. The first-order valence-corrected chi connectivity index (χ1v) is 9.23. The number of ether oxygens (including phenoxy) is 2. The van der Waals surface area contributed by atoms with Gasteiger partial charge in [-0.3, -0.25) is 0 Å². The molecule has 1 atom stereocenters. The number of hydrogen-bond acceptors (Lipinski definition) is 4. The van der Waals surface area contributed by atoms with Gasteiger partial charge in [-0.1, -0.05) is 51.5 Å². The Morgan fingerprint density at radius 2 is 1.38 bits per heavy atom. The molecule has 0 aliphatic rings. The summed E-state index contributed by atoms with van der Waals surface area (Å²) in [6.07, 6.45) is 1.34. The molecule has 0 bridgehead atoms. The van der Waals surface area contributed by atoms with E-state index in [-0.39, 0.29) is 18.6 Å². The molecule has 4 nitrogen and oxygen atoms in total. The summed E-state index contributed by atoms with van der Waals surface area (Å²) in [4.78, 5) is 0. The summed E-state index contributed by atoms with van der Waals surface area (Å²) >= 11 is 0. The van der Waals surface area contributed by atoms with Crippen molar-refractivity contribution in [2.75, 3.05) is 19.8 Å². The zero-order valence-corrected chi connectivity index (χ0v) is 15.9. The molecule has 0 aliphatic heterocycles. The lowest BCUT2D eigenvalue weighted by Gasteiger charge is -2.26. The Balaban J connectivity index is 2.04. The predicted molar refractivity (Wildman–Crippen MR) is 104 cm³/mol. The van der Waals surface area contributed by atoms with Gasteiger partial charge < -0.3 is 19.7 Å². The minimum absolute atomic E-state index is 0.0821. The van der Waals surface area contributed by atoms with Crippen LogP contribution in [0.2, 0.25) is 0 Å². The Morgan fingerprint density at radius 3 is 1.85 bits per heavy atom. The summed E-state index contributed by atoms with van der Waals surface area (Å²) in [6.45, 7) is 7.06. The minimum Gasteiger partial charge on any atom is -0.494 e. The molecule has 0 amide bonds. The third-order valence-corrected chi connectivity index (χ3v) is 4.57. The van der Waals surface area contributed by atoms with Gasteiger partial charge in [0.15, 0.2) is 0 Å². The highest BCUT2D eigenvalue weighted by molar-refractivity contribution is 5.41. The van der Waals surface area contributed by atoms with Crippen LogP contribution in [-0.2, 0) is 5.41 Å². The van der Waals surface area contributed by atoms with Crippen molar-refractivity contribution >= 4 is 0 Å². The van der Waals surface area contributed by atoms with Crippen molar-refractivity contribution in [1.29, 1.82) is 0 Å². The molecule has 0 aliphatic carbocycles. The van der Waals surface area contributed by atoms with E-state index < -0.39 is 6.10 Å². The number of rotatable bonds is 10. The molecule has 2 aromatic rings. The van der Waals surface area contributed by atoms with Gasteiger partial charge >= 0.3 is 0 Å². The second-order valence-electron chi connectivity index (χ2n) is 7.02. The third kappa shape index (κ3) is 5.48. The molecule has 0 saturated carbocycles. The minimum atomic E-state index is -0.857. The summed E-state index contributed by atoms with van der Waals surface area (Å²) in [6, 6.07) is 16.1. The Kier molecular flexibility index (Phi) is 7.49. The topological polar surface area (TPSA) is 58.9 Å². The Labute approximate surface area is 156 Å². The molecule has 0 fully saturated rings. The average molecular weight is 358 g/mol. The predicted octanol–water partition coefficient (Wildman–Crippen LogP) is 3.92. The van der Waals surface area contributed by atoms with Crippen molar-refractivity contribution in [3.63, 3.8) is 0 Å². The van der Waals surface area contributed by atoms with E-state index in [0.717, 1.165) is 25.2 Å². The Hall–Kier alpha value is -2.04. The van der Waals surface area contributed by atoms with Crippen LogP contribution in [0.3, 0.4) is 0 Å². The highest BCUT2D eigenvalue weighted by atomic mass is 16.5. The number of aliphatic hydroxyl groups excluding tert-OH is 2. The molecule has 4 heteroatoms. The fraction of sp³-hybridized carbons (Fsp3) is 0.455. The molecule has 26 heavy (non-hydrogen) atoms. The molecule has 2 N–H and O–H groups in total. The number of hydrogen-bond donors (Lipinski definition) is 2. The van der Waals surface area contributed by atoms with Crippen LogP contribution in [0.1, 0.15) is 44.7 Å². The molecule has 0 heterocycles. The van der Waals surface area contributed by atoms with Crippen LogP contribution >= 0.6 is 0 Å². The molecule has 142 valence electrons. The fourth-order valence-corrected chi connectivity index (χ4v) is 2.68. The number of benzene rings is 2. The smallest absolute Gasteiger partial charge is 0.119 e. The highest BCUT2D eigenvalue weighted by Gasteiger charge is 2.23. The van der Waals surface area contributed by atoms with Crippen molar-refractivity contribution in [2.45, 2.75) is 45.1 Å². The Bertz CT molecular complexity index is 647. The van der Waals surface area contributed by atoms with Crippen molar-refractivity contribution in [1.82, 2.24) is 0 Å². The summed E-state index contributed by atoms with van der Waals surface area (Å²) < 4.78 is 11.2. The SMILES string of the molecule is CCCCOc1ccc(C(C)(C)c2ccc(OCC(O)CO)cc2)cc1. The largest absolute Gasteiger partial charge is 0.494 e. The normalized spacial score (nSPS) is 12.7. The molecule has 0 aromatic heterocycles. The molecule has 1 unspecified atom stereocenters. The standard InChI is InChI=1S/C22H30O4/c1-4-5-14-25-20-10-6-17(7-11-20)22(2,3)18-8-12-21(13-9-18)26-16-19(24)15-23/h6-13,19,23-24H,4-5,14-16H2,1-3H3. The Morgan fingerprint density at radius 1 is 0.885 bits per heavy atom. The van der Waals surface area contributed by atoms with Crippen LogP contribution in [0.4, 0.5) is 0 Å². The van der Waals surface area contributed by atoms with Crippen LogP contribution in [0.15, 0.2) is 48.5 Å². The summed E-state index contributed by atoms with van der Waals surface area (Å²) in [5.74, 6) is 1.58. The van der Waals surface area contributed by atoms with Gasteiger partial charge in [-0.15, -0.1) is 0 Å². The van der Waals surface area contributed by atoms with Gasteiger partial charge in [0.2, 0.25) is 0 Å². The van der Waals surface area contributed by atoms with Gasteiger partial charge in [-0.2, -0.15) is 0 Å². The van der Waals surface area contributed by atoms with E-state index >= 15 is 0 Å². The van der Waals surface area contributed by atoms with Crippen molar-refractivity contribution in [3.8, 4) is 11.5 Å². The first kappa shape index (κ1) is 20.3. The fourth-order valence-electron chi connectivity index (χ4n) is 2.68. The zero-order valence-electron chi connectivity index (χ0n) is 15.9. The lowest BCUT2D eigenvalue weighted by Crippen LogP contribution is -2.21. The molecule has 2 rings (SSSR count). The average Bonchev–Trinajstić information content (AvgIpc) is 2.67. The van der Waals surface area contributed by atoms with Crippen LogP contribution < -0.4 is 9.47 Å². The maximum absolute atomic E-state index is 9.36. The number of aliphatic hydroxyl groups is 2. The van der Waals surface area contributed by atoms with E-state index in [1.54, 1.807) is 0 Å². The van der Waals surface area contributed by atoms with E-state index in [1.165, 1.54) is 11.1 Å². The summed E-state index contributed by atoms with van der Waals surface area (Å²) in [5.41, 5.74) is 2.24. The van der Waals surface area contributed by atoms with E-state index in [1.807, 2.05) is 36.4 Å². The van der Waals surface area contributed by atoms with Crippen LogP contribution in [0.5, 0.6) is 11.5 Å². The molecule has 0 spiro atoms. The molecule has 2 aromatic carbocycles. The molecular weight excluding hydrogens is 328 g/mol. The molecule has 0 saturated heterocycles. The van der Waals surface area contributed by atoms with Gasteiger partial charge in [0.1, 0.15) is 24.2 Å².